The quantitative estimate of drug-likeness (QED) is 0.166. The van der Waals surface area contributed by atoms with Gasteiger partial charge in [0, 0.05) is 11.6 Å². The van der Waals surface area contributed by atoms with Gasteiger partial charge in [-0.1, -0.05) is 26.3 Å². The fraction of sp³-hybridized carbons (Fsp3) is 0.844. The van der Waals surface area contributed by atoms with E-state index in [2.05, 4.69) is 20.8 Å². The van der Waals surface area contributed by atoms with Crippen molar-refractivity contribution < 1.29 is 63.9 Å². The van der Waals surface area contributed by atoms with Crippen molar-refractivity contribution in [3.05, 3.63) is 22.8 Å². The zero-order valence-corrected chi connectivity index (χ0v) is 26.3. The van der Waals surface area contributed by atoms with Crippen molar-refractivity contribution in [2.45, 2.75) is 133 Å². The van der Waals surface area contributed by atoms with Gasteiger partial charge in [0.05, 0.1) is 31.5 Å². The molecule has 2 aliphatic carbocycles. The molecule has 13 nitrogen and oxygen atoms in total. The summed E-state index contributed by atoms with van der Waals surface area (Å²) in [6.45, 7) is 8.37. The lowest BCUT2D eigenvalue weighted by Gasteiger charge is -2.59. The van der Waals surface area contributed by atoms with Crippen LogP contribution in [0.1, 0.15) is 59.8 Å². The van der Waals surface area contributed by atoms with Crippen LogP contribution in [0.15, 0.2) is 22.8 Å². The number of rotatable bonds is 6. The molecule has 0 aromatic heterocycles. The summed E-state index contributed by atoms with van der Waals surface area (Å²) in [7, 11) is 0. The number of esters is 1. The van der Waals surface area contributed by atoms with Crippen LogP contribution in [-0.2, 0) is 33.2 Å². The van der Waals surface area contributed by atoms with Crippen LogP contribution < -0.4 is 0 Å². The molecular formula is C32H48O13. The van der Waals surface area contributed by atoms with Crippen LogP contribution in [-0.4, -0.2) is 130 Å². The van der Waals surface area contributed by atoms with E-state index in [1.165, 1.54) is 18.1 Å². The summed E-state index contributed by atoms with van der Waals surface area (Å²) in [4.78, 5) is 11.7. The molecule has 0 spiro atoms. The Hall–Kier alpha value is -1.49. The van der Waals surface area contributed by atoms with Crippen LogP contribution >= 0.6 is 0 Å². The number of aliphatic hydroxyl groups is 6. The number of aliphatic hydroxyl groups excluding tert-OH is 6. The maximum Gasteiger partial charge on any atom is 0.331 e. The van der Waals surface area contributed by atoms with Gasteiger partial charge in [0.25, 0.3) is 0 Å². The molecule has 0 radical (unpaired) electrons. The molecule has 6 aliphatic rings. The number of hydrogen-bond acceptors (Lipinski definition) is 13. The van der Waals surface area contributed by atoms with Gasteiger partial charge in [0.1, 0.15) is 49.3 Å². The van der Waals surface area contributed by atoms with Crippen LogP contribution in [0.2, 0.25) is 0 Å². The molecule has 4 heterocycles. The number of fused-ring (bicyclic) bond motifs is 2. The van der Waals surface area contributed by atoms with Gasteiger partial charge in [-0.25, -0.2) is 4.79 Å². The van der Waals surface area contributed by atoms with Gasteiger partial charge in [-0.05, 0) is 61.3 Å². The number of cyclic esters (lactones) is 1. The Morgan fingerprint density at radius 2 is 1.67 bits per heavy atom. The summed E-state index contributed by atoms with van der Waals surface area (Å²) < 4.78 is 35.5. The standard InChI is InChI=1S/C32H48O13/c1-14-23(35)25(37)27(39)29(42-14)45-28-26(38)24(36)19(11-33)43-30(28)44-21-7-8-32(4)17-10-18(16-9-22(34)41-13-16)40-12-15(17)5-6-20(32)31(21,2)3/h9,14,18-21,23-30,33,35-39H,5-8,10-13H2,1-4H3/t14-,18-,19+,20+,21-,23-,24+,25+,26-,27+,28+,29-,30-,32+/m0/s1. The zero-order valence-electron chi connectivity index (χ0n) is 26.3. The van der Waals surface area contributed by atoms with E-state index in [0.29, 0.717) is 19.4 Å². The van der Waals surface area contributed by atoms with Crippen LogP contribution in [0.3, 0.4) is 0 Å². The van der Waals surface area contributed by atoms with Crippen molar-refractivity contribution in [3.8, 4) is 0 Å². The van der Waals surface area contributed by atoms with E-state index in [-0.39, 0.29) is 41.5 Å². The zero-order chi connectivity index (χ0) is 32.4. The summed E-state index contributed by atoms with van der Waals surface area (Å²) in [5, 5.41) is 62.7. The molecule has 0 unspecified atom stereocenters. The van der Waals surface area contributed by atoms with Crippen LogP contribution in [0.4, 0.5) is 0 Å². The molecule has 13 heteroatoms. The van der Waals surface area contributed by atoms with Crippen molar-refractivity contribution in [3.63, 3.8) is 0 Å². The normalized spacial score (nSPS) is 48.4. The molecule has 4 aliphatic heterocycles. The van der Waals surface area contributed by atoms with E-state index in [1.54, 1.807) is 6.08 Å². The van der Waals surface area contributed by atoms with E-state index in [4.69, 9.17) is 28.4 Å². The molecule has 2 saturated heterocycles. The van der Waals surface area contributed by atoms with Gasteiger partial charge >= 0.3 is 5.97 Å². The molecule has 6 N–H and O–H groups in total. The second kappa shape index (κ2) is 12.5. The Kier molecular flexibility index (Phi) is 9.29. The average Bonchev–Trinajstić information content (AvgIpc) is 3.45. The highest BCUT2D eigenvalue weighted by molar-refractivity contribution is 5.85. The van der Waals surface area contributed by atoms with Gasteiger partial charge in [0.2, 0.25) is 0 Å². The van der Waals surface area contributed by atoms with Crippen LogP contribution in [0.25, 0.3) is 0 Å². The van der Waals surface area contributed by atoms with E-state index in [0.717, 1.165) is 24.8 Å². The van der Waals surface area contributed by atoms with E-state index in [9.17, 15) is 35.4 Å². The molecule has 3 fully saturated rings. The SMILES string of the molecule is C[C@@H]1O[C@@H](O[C@H]2[C@H](O[C@H]3CC[C@]4(C)C5=C(CC[C@@H]4C3(C)C)CO[C@H](C3=CC(=O)OC3)C5)O[C@H](CO)[C@@H](O)[C@@H]2O)[C@H](O)[C@H](O)[C@H]1O. The summed E-state index contributed by atoms with van der Waals surface area (Å²) in [5.41, 5.74) is 3.06. The van der Waals surface area contributed by atoms with Crippen molar-refractivity contribution in [2.75, 3.05) is 19.8 Å². The molecule has 1 saturated carbocycles. The lowest BCUT2D eigenvalue weighted by Crippen LogP contribution is -2.65. The topological polar surface area (TPSA) is 194 Å². The fourth-order valence-corrected chi connectivity index (χ4v) is 8.74. The first-order valence-electron chi connectivity index (χ1n) is 16.1. The molecule has 14 atom stereocenters. The lowest BCUT2D eigenvalue weighted by atomic mass is 9.48. The monoisotopic (exact) mass is 640 g/mol. The van der Waals surface area contributed by atoms with E-state index < -0.39 is 68.0 Å². The second-order valence-electron chi connectivity index (χ2n) is 14.4. The molecule has 6 rings (SSSR count). The van der Waals surface area contributed by atoms with Gasteiger partial charge in [-0.2, -0.15) is 0 Å². The molecule has 0 aromatic carbocycles. The molecule has 0 amide bonds. The highest BCUT2D eigenvalue weighted by atomic mass is 16.8. The third-order valence-corrected chi connectivity index (χ3v) is 11.4. The third-order valence-electron chi connectivity index (χ3n) is 11.4. The van der Waals surface area contributed by atoms with Crippen LogP contribution in [0, 0.1) is 16.7 Å². The van der Waals surface area contributed by atoms with Gasteiger partial charge < -0.3 is 59.1 Å². The number of ether oxygens (including phenoxy) is 6. The smallest absolute Gasteiger partial charge is 0.331 e. The Bertz CT molecular complexity index is 1190. The van der Waals surface area contributed by atoms with Crippen molar-refractivity contribution in [1.29, 1.82) is 0 Å². The maximum absolute atomic E-state index is 11.7. The minimum Gasteiger partial charge on any atom is -0.458 e. The first-order chi connectivity index (χ1) is 21.3. The predicted molar refractivity (Wildman–Crippen MR) is 154 cm³/mol. The summed E-state index contributed by atoms with van der Waals surface area (Å²) >= 11 is 0. The highest BCUT2D eigenvalue weighted by Gasteiger charge is 2.58. The number of hydrogen-bond donors (Lipinski definition) is 6. The summed E-state index contributed by atoms with van der Waals surface area (Å²) in [6, 6.07) is 0. The van der Waals surface area contributed by atoms with Gasteiger partial charge in [-0.3, -0.25) is 0 Å². The lowest BCUT2D eigenvalue weighted by molar-refractivity contribution is -0.375. The third kappa shape index (κ3) is 5.82. The molecule has 45 heavy (non-hydrogen) atoms. The van der Waals surface area contributed by atoms with Gasteiger partial charge in [0.15, 0.2) is 12.6 Å². The maximum atomic E-state index is 11.7. The Labute approximate surface area is 262 Å². The predicted octanol–water partition coefficient (Wildman–Crippen LogP) is -0.172. The van der Waals surface area contributed by atoms with Crippen molar-refractivity contribution >= 4 is 5.97 Å². The van der Waals surface area contributed by atoms with Gasteiger partial charge in [-0.15, -0.1) is 0 Å². The Morgan fingerprint density at radius 3 is 2.36 bits per heavy atom. The van der Waals surface area contributed by atoms with Crippen LogP contribution in [0.5, 0.6) is 0 Å². The molecule has 254 valence electrons. The first-order valence-corrected chi connectivity index (χ1v) is 16.1. The average molecular weight is 641 g/mol. The minimum atomic E-state index is -1.64. The Balaban J connectivity index is 1.21. The first kappa shape index (κ1) is 33.4. The minimum absolute atomic E-state index is 0.136. The Morgan fingerprint density at radius 1 is 0.911 bits per heavy atom. The second-order valence-corrected chi connectivity index (χ2v) is 14.4. The van der Waals surface area contributed by atoms with Crippen molar-refractivity contribution in [1.82, 2.24) is 0 Å². The number of carbonyl (C=O) groups excluding carboxylic acids is 1. The molecule has 0 bridgehead atoms. The highest BCUT2D eigenvalue weighted by Crippen LogP contribution is 2.62. The largest absolute Gasteiger partial charge is 0.458 e. The fourth-order valence-electron chi connectivity index (χ4n) is 8.74. The molecular weight excluding hydrogens is 592 g/mol. The van der Waals surface area contributed by atoms with Crippen molar-refractivity contribution in [2.24, 2.45) is 16.7 Å². The summed E-state index contributed by atoms with van der Waals surface area (Å²) in [5.74, 6) is -0.120. The number of carbonyl (C=O) groups is 1. The van der Waals surface area contributed by atoms with E-state index >= 15 is 0 Å². The van der Waals surface area contributed by atoms with E-state index in [1.807, 2.05) is 0 Å². The molecule has 0 aromatic rings. The summed E-state index contributed by atoms with van der Waals surface area (Å²) in [6.07, 6.45) is -8.74.